The maximum Gasteiger partial charge on any atom is 0.164 e. The zero-order chi connectivity index (χ0) is 26.7. The molecule has 40 heavy (non-hydrogen) atoms. The number of rotatable bonds is 5. The average molecular weight is 514 g/mol. The topological polar surface area (TPSA) is 64.5 Å². The highest BCUT2D eigenvalue weighted by Crippen LogP contribution is 2.38. The molecule has 0 aliphatic carbocycles. The van der Waals surface area contributed by atoms with Gasteiger partial charge in [-0.1, -0.05) is 115 Å². The standard InChI is InChI=1S/C35H23N5/c1-3-10-27(11-4-1)33-38-34(28-12-5-2-6-13-28)40-35(39-33)30-20-19-24-9-7-8-14-29(24)32(30)26-17-15-25(16-18-26)31-21-22-36-23-37-31/h1-23H. The minimum absolute atomic E-state index is 0.633. The molecule has 7 aromatic rings. The van der Waals surface area contributed by atoms with Gasteiger partial charge in [-0.2, -0.15) is 0 Å². The molecule has 0 bridgehead atoms. The van der Waals surface area contributed by atoms with Gasteiger partial charge in [0.05, 0.1) is 5.69 Å². The van der Waals surface area contributed by atoms with E-state index in [1.165, 1.54) is 0 Å². The Kier molecular flexibility index (Phi) is 6.07. The van der Waals surface area contributed by atoms with Crippen LogP contribution >= 0.6 is 0 Å². The third kappa shape index (κ3) is 4.50. The van der Waals surface area contributed by atoms with Gasteiger partial charge in [0.2, 0.25) is 0 Å². The Morgan fingerprint density at radius 1 is 0.425 bits per heavy atom. The summed E-state index contributed by atoms with van der Waals surface area (Å²) in [6.45, 7) is 0. The highest BCUT2D eigenvalue weighted by molar-refractivity contribution is 6.03. The maximum atomic E-state index is 5.02. The summed E-state index contributed by atoms with van der Waals surface area (Å²) in [5.41, 5.74) is 6.91. The van der Waals surface area contributed by atoms with E-state index in [1.54, 1.807) is 12.5 Å². The molecule has 0 radical (unpaired) electrons. The van der Waals surface area contributed by atoms with Gasteiger partial charge in [-0.25, -0.2) is 24.9 Å². The summed E-state index contributed by atoms with van der Waals surface area (Å²) in [6, 6.07) is 43.2. The summed E-state index contributed by atoms with van der Waals surface area (Å²) in [6.07, 6.45) is 3.33. The molecule has 0 aliphatic rings. The molecular formula is C35H23N5. The van der Waals surface area contributed by atoms with E-state index in [1.807, 2.05) is 66.7 Å². The molecule has 5 aromatic carbocycles. The third-order valence-corrected chi connectivity index (χ3v) is 6.92. The molecule has 5 heteroatoms. The van der Waals surface area contributed by atoms with Crippen LogP contribution < -0.4 is 0 Å². The van der Waals surface area contributed by atoms with Crippen molar-refractivity contribution in [3.8, 4) is 56.5 Å². The maximum absolute atomic E-state index is 5.02. The van der Waals surface area contributed by atoms with Gasteiger partial charge in [0, 0.05) is 34.0 Å². The van der Waals surface area contributed by atoms with Crippen LogP contribution in [0, 0.1) is 0 Å². The van der Waals surface area contributed by atoms with Gasteiger partial charge in [-0.05, 0) is 28.5 Å². The van der Waals surface area contributed by atoms with E-state index in [9.17, 15) is 0 Å². The molecule has 0 spiro atoms. The number of aromatic nitrogens is 5. The van der Waals surface area contributed by atoms with E-state index in [-0.39, 0.29) is 0 Å². The lowest BCUT2D eigenvalue weighted by molar-refractivity contribution is 1.07. The third-order valence-electron chi connectivity index (χ3n) is 6.92. The van der Waals surface area contributed by atoms with Gasteiger partial charge in [0.25, 0.3) is 0 Å². The van der Waals surface area contributed by atoms with Gasteiger partial charge >= 0.3 is 0 Å². The van der Waals surface area contributed by atoms with Crippen LogP contribution in [-0.2, 0) is 0 Å². The Hall–Kier alpha value is -5.55. The predicted octanol–water partition coefficient (Wildman–Crippen LogP) is 8.15. The van der Waals surface area contributed by atoms with Crippen LogP contribution in [0.3, 0.4) is 0 Å². The van der Waals surface area contributed by atoms with Gasteiger partial charge in [-0.15, -0.1) is 0 Å². The van der Waals surface area contributed by atoms with Crippen molar-refractivity contribution in [3.05, 3.63) is 140 Å². The molecule has 0 amide bonds. The van der Waals surface area contributed by atoms with E-state index >= 15 is 0 Å². The number of benzene rings is 5. The van der Waals surface area contributed by atoms with Crippen LogP contribution in [0.25, 0.3) is 67.3 Å². The fourth-order valence-electron chi connectivity index (χ4n) is 4.97. The van der Waals surface area contributed by atoms with Gasteiger partial charge in [0.1, 0.15) is 6.33 Å². The Balaban J connectivity index is 1.46. The summed E-state index contributed by atoms with van der Waals surface area (Å²) >= 11 is 0. The molecular weight excluding hydrogens is 490 g/mol. The molecule has 0 saturated heterocycles. The van der Waals surface area contributed by atoms with Crippen LogP contribution in [0.1, 0.15) is 0 Å². The van der Waals surface area contributed by atoms with Gasteiger partial charge < -0.3 is 0 Å². The highest BCUT2D eigenvalue weighted by Gasteiger charge is 2.18. The first-order valence-corrected chi connectivity index (χ1v) is 13.1. The van der Waals surface area contributed by atoms with Gasteiger partial charge in [-0.3, -0.25) is 0 Å². The van der Waals surface area contributed by atoms with Crippen molar-refractivity contribution in [3.63, 3.8) is 0 Å². The molecule has 188 valence electrons. The molecule has 0 unspecified atom stereocenters. The van der Waals surface area contributed by atoms with Crippen molar-refractivity contribution in [1.82, 2.24) is 24.9 Å². The number of hydrogen-bond donors (Lipinski definition) is 0. The fourth-order valence-corrected chi connectivity index (χ4v) is 4.97. The summed E-state index contributed by atoms with van der Waals surface area (Å²) in [5, 5.41) is 2.29. The van der Waals surface area contributed by atoms with Crippen LogP contribution in [0.4, 0.5) is 0 Å². The summed E-state index contributed by atoms with van der Waals surface area (Å²) in [7, 11) is 0. The Morgan fingerprint density at radius 3 is 1.68 bits per heavy atom. The normalized spacial score (nSPS) is 11.0. The average Bonchev–Trinajstić information content (AvgIpc) is 3.05. The Morgan fingerprint density at radius 2 is 1.02 bits per heavy atom. The first kappa shape index (κ1) is 23.6. The number of fused-ring (bicyclic) bond motifs is 1. The quantitative estimate of drug-likeness (QED) is 0.232. The predicted molar refractivity (Wildman–Crippen MR) is 160 cm³/mol. The lowest BCUT2D eigenvalue weighted by Gasteiger charge is -2.15. The van der Waals surface area contributed by atoms with Crippen molar-refractivity contribution < 1.29 is 0 Å². The second kappa shape index (κ2) is 10.3. The Bertz CT molecular complexity index is 1860. The summed E-state index contributed by atoms with van der Waals surface area (Å²) in [5.74, 6) is 1.92. The largest absolute Gasteiger partial charge is 0.245 e. The van der Waals surface area contributed by atoms with E-state index in [0.717, 1.165) is 49.8 Å². The lowest BCUT2D eigenvalue weighted by Crippen LogP contribution is -2.01. The monoisotopic (exact) mass is 513 g/mol. The van der Waals surface area contributed by atoms with E-state index in [4.69, 9.17) is 15.0 Å². The minimum atomic E-state index is 0.633. The van der Waals surface area contributed by atoms with Crippen molar-refractivity contribution in [2.24, 2.45) is 0 Å². The molecule has 0 fully saturated rings. The van der Waals surface area contributed by atoms with Crippen LogP contribution in [0.2, 0.25) is 0 Å². The molecule has 5 nitrogen and oxygen atoms in total. The smallest absolute Gasteiger partial charge is 0.164 e. The first-order valence-electron chi connectivity index (χ1n) is 13.1. The highest BCUT2D eigenvalue weighted by atomic mass is 15.0. The molecule has 2 aromatic heterocycles. The lowest BCUT2D eigenvalue weighted by atomic mass is 9.92. The Labute approximate surface area is 231 Å². The van der Waals surface area contributed by atoms with E-state index in [0.29, 0.717) is 17.5 Å². The molecule has 7 rings (SSSR count). The number of nitrogens with zero attached hydrogens (tertiary/aromatic N) is 5. The number of hydrogen-bond acceptors (Lipinski definition) is 5. The second-order valence-electron chi connectivity index (χ2n) is 9.42. The van der Waals surface area contributed by atoms with Crippen molar-refractivity contribution in [1.29, 1.82) is 0 Å². The SMILES string of the molecule is c1ccc(-c2nc(-c3ccccc3)nc(-c3ccc4ccccc4c3-c3ccc(-c4ccncn4)cc3)n2)cc1. The molecule has 0 aliphatic heterocycles. The van der Waals surface area contributed by atoms with Crippen molar-refractivity contribution in [2.45, 2.75) is 0 Å². The van der Waals surface area contributed by atoms with E-state index in [2.05, 4.69) is 70.6 Å². The van der Waals surface area contributed by atoms with Crippen LogP contribution in [-0.4, -0.2) is 24.9 Å². The second-order valence-corrected chi connectivity index (χ2v) is 9.42. The molecule has 2 heterocycles. The fraction of sp³-hybridized carbons (Fsp3) is 0. The zero-order valence-electron chi connectivity index (χ0n) is 21.5. The van der Waals surface area contributed by atoms with Crippen LogP contribution in [0.15, 0.2) is 140 Å². The molecule has 0 saturated carbocycles. The van der Waals surface area contributed by atoms with E-state index < -0.39 is 0 Å². The van der Waals surface area contributed by atoms with Crippen molar-refractivity contribution >= 4 is 10.8 Å². The summed E-state index contributed by atoms with van der Waals surface area (Å²) < 4.78 is 0. The summed E-state index contributed by atoms with van der Waals surface area (Å²) in [4.78, 5) is 23.4. The van der Waals surface area contributed by atoms with Crippen molar-refractivity contribution in [2.75, 3.05) is 0 Å². The molecule has 0 N–H and O–H groups in total. The zero-order valence-corrected chi connectivity index (χ0v) is 21.5. The van der Waals surface area contributed by atoms with Gasteiger partial charge in [0.15, 0.2) is 17.5 Å². The van der Waals surface area contributed by atoms with Crippen LogP contribution in [0.5, 0.6) is 0 Å². The minimum Gasteiger partial charge on any atom is -0.245 e. The molecule has 0 atom stereocenters. The first-order chi connectivity index (χ1) is 19.8.